The summed E-state index contributed by atoms with van der Waals surface area (Å²) in [5, 5.41) is 6.66. The first-order valence-electron chi connectivity index (χ1n) is 6.82. The van der Waals surface area contributed by atoms with E-state index >= 15 is 0 Å². The summed E-state index contributed by atoms with van der Waals surface area (Å²) in [7, 11) is 1.79. The van der Waals surface area contributed by atoms with Crippen molar-refractivity contribution in [3.05, 3.63) is 41.4 Å². The highest BCUT2D eigenvalue weighted by Crippen LogP contribution is 2.28. The minimum Gasteiger partial charge on any atom is -0.368 e. The molecule has 1 aromatic rings. The third-order valence-electron chi connectivity index (χ3n) is 3.36. The lowest BCUT2D eigenvalue weighted by molar-refractivity contribution is 0.654. The number of halogens is 1. The summed E-state index contributed by atoms with van der Waals surface area (Å²) in [4.78, 5) is 6.61. The first-order chi connectivity index (χ1) is 9.74. The Morgan fingerprint density at radius 1 is 1.55 bits per heavy atom. The van der Waals surface area contributed by atoms with Crippen molar-refractivity contribution < 1.29 is 0 Å². The lowest BCUT2D eigenvalue weighted by Gasteiger charge is -2.21. The number of benzene rings is 1. The van der Waals surface area contributed by atoms with Crippen LogP contribution >= 0.6 is 15.9 Å². The van der Waals surface area contributed by atoms with Crippen LogP contribution in [0.25, 0.3) is 0 Å². The second-order valence-electron chi connectivity index (χ2n) is 4.77. The Labute approximate surface area is 129 Å². The van der Waals surface area contributed by atoms with Crippen LogP contribution in [-0.2, 0) is 0 Å². The van der Waals surface area contributed by atoms with Gasteiger partial charge in [-0.1, -0.05) is 18.2 Å². The van der Waals surface area contributed by atoms with E-state index in [1.54, 1.807) is 7.05 Å². The highest BCUT2D eigenvalue weighted by Gasteiger charge is 2.24. The first-order valence-corrected chi connectivity index (χ1v) is 7.61. The third kappa shape index (κ3) is 3.76. The van der Waals surface area contributed by atoms with Crippen LogP contribution in [0.1, 0.15) is 6.42 Å². The number of rotatable bonds is 4. The second kappa shape index (κ2) is 7.33. The molecular formula is C15H21BrN4. The second-order valence-corrected chi connectivity index (χ2v) is 5.62. The van der Waals surface area contributed by atoms with Gasteiger partial charge in [-0.3, -0.25) is 4.99 Å². The number of aliphatic imine (C=N–C) groups is 1. The van der Waals surface area contributed by atoms with Gasteiger partial charge in [0.2, 0.25) is 0 Å². The molecule has 0 saturated carbocycles. The van der Waals surface area contributed by atoms with Gasteiger partial charge in [-0.2, -0.15) is 0 Å². The summed E-state index contributed by atoms with van der Waals surface area (Å²) >= 11 is 3.62. The quantitative estimate of drug-likeness (QED) is 0.503. The number of hydrogen-bond acceptors (Lipinski definition) is 2. The standard InChI is InChI=1S/C15H21BrN4/c1-3-9-18-15(17-2)19-12-8-10-20(11-12)14-7-5-4-6-13(14)16/h3-7,12H,1,8-11H2,2H3,(H2,17,18,19). The molecule has 1 unspecified atom stereocenters. The van der Waals surface area contributed by atoms with Crippen LogP contribution in [-0.4, -0.2) is 38.7 Å². The van der Waals surface area contributed by atoms with E-state index in [2.05, 4.69) is 61.2 Å². The van der Waals surface area contributed by atoms with E-state index in [0.29, 0.717) is 6.04 Å². The highest BCUT2D eigenvalue weighted by atomic mass is 79.9. The maximum Gasteiger partial charge on any atom is 0.191 e. The molecule has 2 N–H and O–H groups in total. The van der Waals surface area contributed by atoms with Crippen LogP contribution < -0.4 is 15.5 Å². The average molecular weight is 337 g/mol. The lowest BCUT2D eigenvalue weighted by Crippen LogP contribution is -2.44. The molecule has 1 aliphatic rings. The Kier molecular flexibility index (Phi) is 5.47. The molecule has 108 valence electrons. The van der Waals surface area contributed by atoms with Gasteiger partial charge in [0.1, 0.15) is 0 Å². The summed E-state index contributed by atoms with van der Waals surface area (Å²) in [5.74, 6) is 0.837. The van der Waals surface area contributed by atoms with Gasteiger partial charge in [-0.05, 0) is 34.5 Å². The van der Waals surface area contributed by atoms with Gasteiger partial charge in [0.05, 0.1) is 5.69 Å². The van der Waals surface area contributed by atoms with E-state index in [9.17, 15) is 0 Å². The Morgan fingerprint density at radius 2 is 2.35 bits per heavy atom. The molecule has 0 aromatic heterocycles. The summed E-state index contributed by atoms with van der Waals surface area (Å²) < 4.78 is 1.15. The topological polar surface area (TPSA) is 39.7 Å². The Hall–Kier alpha value is -1.49. The summed E-state index contributed by atoms with van der Waals surface area (Å²) in [6.45, 7) is 6.46. The van der Waals surface area contributed by atoms with Gasteiger partial charge in [0.15, 0.2) is 5.96 Å². The number of hydrogen-bond donors (Lipinski definition) is 2. The zero-order valence-corrected chi connectivity index (χ0v) is 13.4. The van der Waals surface area contributed by atoms with Crippen molar-refractivity contribution in [2.75, 3.05) is 31.6 Å². The maximum atomic E-state index is 4.22. The van der Waals surface area contributed by atoms with Gasteiger partial charge >= 0.3 is 0 Å². The number of para-hydroxylation sites is 1. The molecule has 1 heterocycles. The summed E-state index contributed by atoms with van der Waals surface area (Å²) in [6.07, 6.45) is 2.94. The molecule has 1 atom stereocenters. The number of nitrogens with one attached hydrogen (secondary N) is 2. The molecule has 0 aliphatic carbocycles. The molecule has 2 rings (SSSR count). The van der Waals surface area contributed by atoms with Crippen molar-refractivity contribution in [2.24, 2.45) is 4.99 Å². The van der Waals surface area contributed by atoms with E-state index in [1.165, 1.54) is 5.69 Å². The largest absolute Gasteiger partial charge is 0.368 e. The summed E-state index contributed by atoms with van der Waals surface area (Å²) in [6, 6.07) is 8.77. The van der Waals surface area contributed by atoms with Crippen molar-refractivity contribution in [2.45, 2.75) is 12.5 Å². The third-order valence-corrected chi connectivity index (χ3v) is 4.03. The van der Waals surface area contributed by atoms with Gasteiger partial charge in [0, 0.05) is 37.2 Å². The Morgan fingerprint density at radius 3 is 3.05 bits per heavy atom. The molecule has 0 radical (unpaired) electrons. The van der Waals surface area contributed by atoms with Crippen LogP contribution in [0.3, 0.4) is 0 Å². The first kappa shape index (κ1) is 14.9. The van der Waals surface area contributed by atoms with Gasteiger partial charge in [0.25, 0.3) is 0 Å². The zero-order valence-electron chi connectivity index (χ0n) is 11.8. The monoisotopic (exact) mass is 336 g/mol. The molecule has 20 heavy (non-hydrogen) atoms. The molecule has 5 heteroatoms. The van der Waals surface area contributed by atoms with E-state index in [4.69, 9.17) is 0 Å². The smallest absolute Gasteiger partial charge is 0.191 e. The molecule has 1 fully saturated rings. The van der Waals surface area contributed by atoms with E-state index in [-0.39, 0.29) is 0 Å². The number of nitrogens with zero attached hydrogens (tertiary/aromatic N) is 2. The molecule has 0 amide bonds. The molecule has 1 aliphatic heterocycles. The van der Waals surface area contributed by atoms with Gasteiger partial charge < -0.3 is 15.5 Å². The van der Waals surface area contributed by atoms with Crippen molar-refractivity contribution in [1.29, 1.82) is 0 Å². The van der Waals surface area contributed by atoms with Gasteiger partial charge in [-0.15, -0.1) is 6.58 Å². The van der Waals surface area contributed by atoms with Crippen LogP contribution in [0.5, 0.6) is 0 Å². The zero-order chi connectivity index (χ0) is 14.4. The molecular weight excluding hydrogens is 316 g/mol. The van der Waals surface area contributed by atoms with Crippen LogP contribution in [0.4, 0.5) is 5.69 Å². The minimum absolute atomic E-state index is 0.415. The average Bonchev–Trinajstić information content (AvgIpc) is 2.92. The molecule has 0 spiro atoms. The minimum atomic E-state index is 0.415. The molecule has 1 saturated heterocycles. The van der Waals surface area contributed by atoms with Crippen molar-refractivity contribution in [3.63, 3.8) is 0 Å². The van der Waals surface area contributed by atoms with Crippen molar-refractivity contribution >= 4 is 27.6 Å². The number of guanidine groups is 1. The van der Waals surface area contributed by atoms with E-state index in [1.807, 2.05) is 12.1 Å². The molecule has 1 aromatic carbocycles. The highest BCUT2D eigenvalue weighted by molar-refractivity contribution is 9.10. The van der Waals surface area contributed by atoms with E-state index < -0.39 is 0 Å². The van der Waals surface area contributed by atoms with E-state index in [0.717, 1.165) is 36.5 Å². The fourth-order valence-corrected chi connectivity index (χ4v) is 2.90. The fourth-order valence-electron chi connectivity index (χ4n) is 2.36. The lowest BCUT2D eigenvalue weighted by atomic mass is 10.3. The van der Waals surface area contributed by atoms with Crippen LogP contribution in [0, 0.1) is 0 Å². The summed E-state index contributed by atoms with van der Waals surface area (Å²) in [5.41, 5.74) is 1.26. The maximum absolute atomic E-state index is 4.22. The van der Waals surface area contributed by atoms with Gasteiger partial charge in [-0.25, -0.2) is 0 Å². The Bertz CT molecular complexity index is 487. The molecule has 4 nitrogen and oxygen atoms in total. The number of anilines is 1. The van der Waals surface area contributed by atoms with Crippen molar-refractivity contribution in [3.8, 4) is 0 Å². The predicted octanol–water partition coefficient (Wildman–Crippen LogP) is 2.38. The Balaban J connectivity index is 1.92. The van der Waals surface area contributed by atoms with Crippen LogP contribution in [0.2, 0.25) is 0 Å². The van der Waals surface area contributed by atoms with Crippen molar-refractivity contribution in [1.82, 2.24) is 10.6 Å². The molecule has 0 bridgehead atoms. The normalized spacial score (nSPS) is 19.0. The van der Waals surface area contributed by atoms with Crippen LogP contribution in [0.15, 0.2) is 46.4 Å². The SMILES string of the molecule is C=CCNC(=NC)NC1CCN(c2ccccc2Br)C1. The fraction of sp³-hybridized carbons (Fsp3) is 0.400. The predicted molar refractivity (Wildman–Crippen MR) is 89.5 cm³/mol.